The number of carbonyl (C=O) groups is 1. The number of aromatic nitrogens is 1. The highest BCUT2D eigenvalue weighted by atomic mass is 16.4. The quantitative estimate of drug-likeness (QED) is 0.788. The Morgan fingerprint density at radius 1 is 1.50 bits per heavy atom. The van der Waals surface area contributed by atoms with Gasteiger partial charge in [-0.3, -0.25) is 0 Å². The fraction of sp³-hybridized carbons (Fsp3) is 0.417. The SMILES string of the molecule is N#Cc1cccnc1N1C[C@H]2CN(C(=O)O)C[C@H]21. The first-order chi connectivity index (χ1) is 8.70. The lowest BCUT2D eigenvalue weighted by atomic mass is 9.91. The van der Waals surface area contributed by atoms with E-state index in [4.69, 9.17) is 10.4 Å². The highest BCUT2D eigenvalue weighted by Gasteiger charge is 2.48. The number of nitrogens with zero attached hydrogens (tertiary/aromatic N) is 4. The van der Waals surface area contributed by atoms with E-state index in [0.717, 1.165) is 6.54 Å². The van der Waals surface area contributed by atoms with Crippen molar-refractivity contribution in [2.45, 2.75) is 6.04 Å². The third kappa shape index (κ3) is 1.48. The Kier molecular flexibility index (Phi) is 2.33. The third-order valence-corrected chi connectivity index (χ3v) is 3.69. The molecule has 0 spiro atoms. The van der Waals surface area contributed by atoms with E-state index < -0.39 is 6.09 Å². The molecule has 2 atom stereocenters. The molecule has 2 aliphatic rings. The molecule has 0 aromatic carbocycles. The van der Waals surface area contributed by atoms with Crippen LogP contribution in [0.25, 0.3) is 0 Å². The van der Waals surface area contributed by atoms with Crippen LogP contribution in [0.1, 0.15) is 5.56 Å². The summed E-state index contributed by atoms with van der Waals surface area (Å²) in [6.07, 6.45) is 0.791. The first-order valence-electron chi connectivity index (χ1n) is 5.80. The fourth-order valence-electron chi connectivity index (χ4n) is 2.75. The third-order valence-electron chi connectivity index (χ3n) is 3.69. The summed E-state index contributed by atoms with van der Waals surface area (Å²) in [5.74, 6) is 1.04. The molecule has 0 aliphatic carbocycles. The molecule has 92 valence electrons. The lowest BCUT2D eigenvalue weighted by molar-refractivity contribution is 0.155. The minimum absolute atomic E-state index is 0.170. The maximum absolute atomic E-state index is 10.9. The molecule has 0 radical (unpaired) electrons. The van der Waals surface area contributed by atoms with Crippen molar-refractivity contribution in [2.75, 3.05) is 24.5 Å². The Hall–Kier alpha value is -2.29. The van der Waals surface area contributed by atoms with Crippen LogP contribution in [-0.4, -0.2) is 46.8 Å². The summed E-state index contributed by atoms with van der Waals surface area (Å²) >= 11 is 0. The molecule has 1 N–H and O–H groups in total. The largest absolute Gasteiger partial charge is 0.465 e. The van der Waals surface area contributed by atoms with Crippen molar-refractivity contribution < 1.29 is 9.90 Å². The van der Waals surface area contributed by atoms with Crippen molar-refractivity contribution in [3.8, 4) is 6.07 Å². The number of rotatable bonds is 1. The van der Waals surface area contributed by atoms with Crippen LogP contribution < -0.4 is 4.90 Å². The standard InChI is InChI=1S/C12H12N4O2/c13-4-8-2-1-3-14-11(8)16-6-9-5-15(12(17)18)7-10(9)16/h1-3,9-10H,5-7H2,(H,17,18)/t9-,10-/m1/s1. The topological polar surface area (TPSA) is 80.5 Å². The minimum atomic E-state index is -0.870. The second kappa shape index (κ2) is 3.88. The van der Waals surface area contributed by atoms with E-state index in [1.807, 2.05) is 4.90 Å². The van der Waals surface area contributed by atoms with Gasteiger partial charge in [-0.25, -0.2) is 9.78 Å². The van der Waals surface area contributed by atoms with Gasteiger partial charge >= 0.3 is 6.09 Å². The fourth-order valence-corrected chi connectivity index (χ4v) is 2.75. The molecule has 3 heterocycles. The van der Waals surface area contributed by atoms with Gasteiger partial charge in [-0.05, 0) is 12.1 Å². The van der Waals surface area contributed by atoms with Crippen LogP contribution in [0.3, 0.4) is 0 Å². The van der Waals surface area contributed by atoms with E-state index in [1.165, 1.54) is 4.90 Å². The minimum Gasteiger partial charge on any atom is -0.465 e. The van der Waals surface area contributed by atoms with Crippen molar-refractivity contribution >= 4 is 11.9 Å². The summed E-state index contributed by atoms with van der Waals surface area (Å²) in [6.45, 7) is 1.87. The van der Waals surface area contributed by atoms with Crippen LogP contribution in [0.2, 0.25) is 0 Å². The van der Waals surface area contributed by atoms with Gasteiger partial charge in [0.2, 0.25) is 0 Å². The number of hydrogen-bond acceptors (Lipinski definition) is 4. The number of amides is 1. The number of nitriles is 1. The second-order valence-corrected chi connectivity index (χ2v) is 4.65. The summed E-state index contributed by atoms with van der Waals surface area (Å²) in [6, 6.07) is 5.76. The zero-order valence-corrected chi connectivity index (χ0v) is 9.65. The highest BCUT2D eigenvalue weighted by Crippen LogP contribution is 2.36. The van der Waals surface area contributed by atoms with E-state index >= 15 is 0 Å². The van der Waals surface area contributed by atoms with Gasteiger partial charge in [0.05, 0.1) is 11.6 Å². The molecule has 18 heavy (non-hydrogen) atoms. The van der Waals surface area contributed by atoms with Crippen LogP contribution in [0, 0.1) is 17.2 Å². The van der Waals surface area contributed by atoms with Crippen molar-refractivity contribution in [2.24, 2.45) is 5.92 Å². The van der Waals surface area contributed by atoms with Crippen molar-refractivity contribution in [1.82, 2.24) is 9.88 Å². The first-order valence-corrected chi connectivity index (χ1v) is 5.80. The maximum Gasteiger partial charge on any atom is 0.407 e. The number of likely N-dealkylation sites (tertiary alicyclic amines) is 1. The van der Waals surface area contributed by atoms with E-state index in [9.17, 15) is 4.79 Å². The van der Waals surface area contributed by atoms with Crippen LogP contribution >= 0.6 is 0 Å². The monoisotopic (exact) mass is 244 g/mol. The van der Waals surface area contributed by atoms with E-state index in [-0.39, 0.29) is 6.04 Å². The van der Waals surface area contributed by atoms with Crippen LogP contribution in [0.15, 0.2) is 18.3 Å². The first kappa shape index (κ1) is 10.8. The van der Waals surface area contributed by atoms with E-state index in [1.54, 1.807) is 18.3 Å². The average molecular weight is 244 g/mol. The molecule has 2 fully saturated rings. The number of carboxylic acid groups (broad SMARTS) is 1. The molecule has 1 amide bonds. The molecule has 0 bridgehead atoms. The molecular weight excluding hydrogens is 232 g/mol. The molecule has 6 heteroatoms. The van der Waals surface area contributed by atoms with Gasteiger partial charge in [-0.1, -0.05) is 0 Å². The smallest absolute Gasteiger partial charge is 0.407 e. The van der Waals surface area contributed by atoms with Crippen LogP contribution in [0.5, 0.6) is 0 Å². The van der Waals surface area contributed by atoms with Gasteiger partial charge in [0.1, 0.15) is 11.9 Å². The van der Waals surface area contributed by atoms with Gasteiger partial charge < -0.3 is 14.9 Å². The average Bonchev–Trinajstić information content (AvgIpc) is 2.68. The predicted octanol–water partition coefficient (Wildman–Crippen LogP) is 0.752. The molecular formula is C12H12N4O2. The van der Waals surface area contributed by atoms with Crippen LogP contribution in [0.4, 0.5) is 10.6 Å². The summed E-state index contributed by atoms with van der Waals surface area (Å²) in [7, 11) is 0. The molecule has 1 aromatic heterocycles. The van der Waals surface area contributed by atoms with Gasteiger partial charge in [-0.15, -0.1) is 0 Å². The summed E-state index contributed by atoms with van der Waals surface area (Å²) < 4.78 is 0. The predicted molar refractivity (Wildman–Crippen MR) is 63.2 cm³/mol. The Morgan fingerprint density at radius 2 is 2.33 bits per heavy atom. The molecule has 0 saturated carbocycles. The van der Waals surface area contributed by atoms with Gasteiger partial charge in [0, 0.05) is 31.7 Å². The lowest BCUT2D eigenvalue weighted by Crippen LogP contribution is -2.56. The van der Waals surface area contributed by atoms with Crippen molar-refractivity contribution in [3.05, 3.63) is 23.9 Å². The maximum atomic E-state index is 10.9. The normalized spacial score (nSPS) is 25.3. The summed E-state index contributed by atoms with van der Waals surface area (Å²) in [5.41, 5.74) is 0.546. The molecule has 2 aliphatic heterocycles. The van der Waals surface area contributed by atoms with Crippen molar-refractivity contribution in [3.63, 3.8) is 0 Å². The number of hydrogen-bond donors (Lipinski definition) is 1. The summed E-state index contributed by atoms with van der Waals surface area (Å²) in [4.78, 5) is 18.6. The van der Waals surface area contributed by atoms with Crippen LogP contribution in [-0.2, 0) is 0 Å². The lowest BCUT2D eigenvalue weighted by Gasteiger charge is -2.44. The van der Waals surface area contributed by atoms with Gasteiger partial charge in [0.15, 0.2) is 0 Å². The Morgan fingerprint density at radius 3 is 3.06 bits per heavy atom. The van der Waals surface area contributed by atoms with Crippen molar-refractivity contribution in [1.29, 1.82) is 5.26 Å². The molecule has 6 nitrogen and oxygen atoms in total. The second-order valence-electron chi connectivity index (χ2n) is 4.65. The molecule has 2 saturated heterocycles. The van der Waals surface area contributed by atoms with Gasteiger partial charge in [0.25, 0.3) is 0 Å². The van der Waals surface area contributed by atoms with Gasteiger partial charge in [-0.2, -0.15) is 5.26 Å². The highest BCUT2D eigenvalue weighted by molar-refractivity contribution is 5.67. The Balaban J connectivity index is 1.81. The summed E-state index contributed by atoms with van der Waals surface area (Å²) in [5, 5.41) is 18.0. The molecule has 3 rings (SSSR count). The zero-order valence-electron chi connectivity index (χ0n) is 9.65. The molecule has 1 aromatic rings. The molecule has 0 unspecified atom stereocenters. The van der Waals surface area contributed by atoms with E-state index in [2.05, 4.69) is 11.1 Å². The van der Waals surface area contributed by atoms with E-state index in [0.29, 0.717) is 30.4 Å². The number of pyridine rings is 1. The number of anilines is 1. The Bertz CT molecular complexity index is 539. The Labute approximate surface area is 104 Å². The number of fused-ring (bicyclic) bond motifs is 1. The zero-order chi connectivity index (χ0) is 12.7.